The van der Waals surface area contributed by atoms with Gasteiger partial charge in [-0.2, -0.15) is 0 Å². The fourth-order valence-electron chi connectivity index (χ4n) is 2.40. The van der Waals surface area contributed by atoms with Gasteiger partial charge in [-0.05, 0) is 29.7 Å². The second kappa shape index (κ2) is 5.44. The zero-order chi connectivity index (χ0) is 14.8. The van der Waals surface area contributed by atoms with Crippen molar-refractivity contribution in [3.8, 4) is 0 Å². The van der Waals surface area contributed by atoms with Gasteiger partial charge in [-0.25, -0.2) is 0 Å². The van der Waals surface area contributed by atoms with E-state index in [-0.39, 0.29) is 5.91 Å². The van der Waals surface area contributed by atoms with Gasteiger partial charge < -0.3 is 10.6 Å². The van der Waals surface area contributed by atoms with Gasteiger partial charge in [0.05, 0.1) is 5.57 Å². The lowest BCUT2D eigenvalue weighted by atomic mass is 10.0. The first-order valence-corrected chi connectivity index (χ1v) is 7.12. The standard InChI is InChI=1S/C18H18N2O/c1-12(2)13-7-9-14(10-8-13)19-11-16-15-5-3-4-6-17(15)20-18(16)21/h3-12,19H,1-2H3,(H,20,21)/b16-11+. The molecule has 2 aromatic rings. The van der Waals surface area contributed by atoms with E-state index in [1.54, 1.807) is 6.20 Å². The van der Waals surface area contributed by atoms with Crippen LogP contribution in [-0.4, -0.2) is 5.91 Å². The molecule has 0 radical (unpaired) electrons. The molecule has 3 rings (SSSR count). The molecule has 0 saturated carbocycles. The van der Waals surface area contributed by atoms with Gasteiger partial charge in [0.2, 0.25) is 0 Å². The average molecular weight is 278 g/mol. The maximum atomic E-state index is 12.0. The van der Waals surface area contributed by atoms with Crippen molar-refractivity contribution in [1.82, 2.24) is 0 Å². The number of carbonyl (C=O) groups excluding carboxylic acids is 1. The number of fused-ring (bicyclic) bond motifs is 1. The molecule has 0 aliphatic carbocycles. The summed E-state index contributed by atoms with van der Waals surface area (Å²) in [5.74, 6) is 0.451. The highest BCUT2D eigenvalue weighted by Crippen LogP contribution is 2.31. The van der Waals surface area contributed by atoms with Gasteiger partial charge in [-0.15, -0.1) is 0 Å². The summed E-state index contributed by atoms with van der Waals surface area (Å²) in [6.45, 7) is 4.34. The van der Waals surface area contributed by atoms with Gasteiger partial charge >= 0.3 is 0 Å². The Morgan fingerprint density at radius 1 is 1.05 bits per heavy atom. The highest BCUT2D eigenvalue weighted by Gasteiger charge is 2.23. The largest absolute Gasteiger partial charge is 0.361 e. The smallest absolute Gasteiger partial charge is 0.257 e. The fraction of sp³-hybridized carbons (Fsp3) is 0.167. The number of benzene rings is 2. The molecular weight excluding hydrogens is 260 g/mol. The summed E-state index contributed by atoms with van der Waals surface area (Å²) >= 11 is 0. The van der Waals surface area contributed by atoms with Gasteiger partial charge in [-0.3, -0.25) is 4.79 Å². The fourth-order valence-corrected chi connectivity index (χ4v) is 2.40. The van der Waals surface area contributed by atoms with Crippen LogP contribution >= 0.6 is 0 Å². The minimum absolute atomic E-state index is 0.0671. The predicted octanol–water partition coefficient (Wildman–Crippen LogP) is 4.22. The molecule has 3 heteroatoms. The lowest BCUT2D eigenvalue weighted by molar-refractivity contribution is -0.110. The van der Waals surface area contributed by atoms with Crippen LogP contribution in [0.25, 0.3) is 5.57 Å². The highest BCUT2D eigenvalue weighted by molar-refractivity contribution is 6.31. The zero-order valence-corrected chi connectivity index (χ0v) is 12.2. The lowest BCUT2D eigenvalue weighted by Gasteiger charge is -2.07. The van der Waals surface area contributed by atoms with E-state index in [4.69, 9.17) is 0 Å². The Bertz CT molecular complexity index is 699. The Hall–Kier alpha value is -2.55. The molecule has 0 fully saturated rings. The Morgan fingerprint density at radius 3 is 2.48 bits per heavy atom. The van der Waals surface area contributed by atoms with Gasteiger partial charge in [0, 0.05) is 23.1 Å². The Balaban J connectivity index is 1.81. The van der Waals surface area contributed by atoms with Gasteiger partial charge in [-0.1, -0.05) is 44.2 Å². The van der Waals surface area contributed by atoms with Crippen LogP contribution in [0.5, 0.6) is 0 Å². The Labute approximate surface area is 124 Å². The summed E-state index contributed by atoms with van der Waals surface area (Å²) in [6.07, 6.45) is 1.77. The molecule has 2 N–H and O–H groups in total. The highest BCUT2D eigenvalue weighted by atomic mass is 16.2. The van der Waals surface area contributed by atoms with Crippen LogP contribution in [-0.2, 0) is 4.79 Å². The van der Waals surface area contributed by atoms with E-state index in [1.165, 1.54) is 5.56 Å². The number of hydrogen-bond acceptors (Lipinski definition) is 2. The zero-order valence-electron chi connectivity index (χ0n) is 12.2. The van der Waals surface area contributed by atoms with Crippen LogP contribution < -0.4 is 10.6 Å². The summed E-state index contributed by atoms with van der Waals surface area (Å²) in [7, 11) is 0. The van der Waals surface area contributed by atoms with Crippen LogP contribution in [0.1, 0.15) is 30.9 Å². The van der Waals surface area contributed by atoms with Crippen molar-refractivity contribution in [3.63, 3.8) is 0 Å². The molecule has 0 bridgehead atoms. The summed E-state index contributed by atoms with van der Waals surface area (Å²) < 4.78 is 0. The summed E-state index contributed by atoms with van der Waals surface area (Å²) in [5.41, 5.74) is 4.75. The Morgan fingerprint density at radius 2 is 1.76 bits per heavy atom. The minimum atomic E-state index is -0.0671. The van der Waals surface area contributed by atoms with Gasteiger partial charge in [0.25, 0.3) is 5.91 Å². The molecule has 0 saturated heterocycles. The maximum absolute atomic E-state index is 12.0. The van der Waals surface area contributed by atoms with E-state index in [0.29, 0.717) is 11.5 Å². The summed E-state index contributed by atoms with van der Waals surface area (Å²) in [6, 6.07) is 16.0. The monoisotopic (exact) mass is 278 g/mol. The summed E-state index contributed by atoms with van der Waals surface area (Å²) in [4.78, 5) is 12.0. The normalized spacial score (nSPS) is 15.2. The molecular formula is C18H18N2O. The van der Waals surface area contributed by atoms with Crippen LogP contribution in [0.15, 0.2) is 54.7 Å². The van der Waals surface area contributed by atoms with E-state index in [1.807, 2.05) is 36.4 Å². The van der Waals surface area contributed by atoms with Gasteiger partial charge in [0.15, 0.2) is 0 Å². The second-order valence-electron chi connectivity index (χ2n) is 5.48. The predicted molar refractivity (Wildman–Crippen MR) is 87.2 cm³/mol. The van der Waals surface area contributed by atoms with E-state index in [2.05, 4.69) is 36.6 Å². The maximum Gasteiger partial charge on any atom is 0.257 e. The number of anilines is 2. The molecule has 1 aliphatic rings. The average Bonchev–Trinajstić information content (AvgIpc) is 2.81. The van der Waals surface area contributed by atoms with Crippen molar-refractivity contribution in [2.75, 3.05) is 10.6 Å². The first kappa shape index (κ1) is 13.4. The molecule has 0 unspecified atom stereocenters. The van der Waals surface area contributed by atoms with Crippen LogP contribution in [0.3, 0.4) is 0 Å². The first-order chi connectivity index (χ1) is 10.1. The minimum Gasteiger partial charge on any atom is -0.361 e. The molecule has 0 spiro atoms. The number of para-hydroxylation sites is 1. The van der Waals surface area contributed by atoms with Crippen molar-refractivity contribution in [2.24, 2.45) is 0 Å². The van der Waals surface area contributed by atoms with Crippen LogP contribution in [0.4, 0.5) is 11.4 Å². The molecule has 1 amide bonds. The first-order valence-electron chi connectivity index (χ1n) is 7.12. The second-order valence-corrected chi connectivity index (χ2v) is 5.48. The third-order valence-electron chi connectivity index (χ3n) is 3.67. The van der Waals surface area contributed by atoms with Crippen molar-refractivity contribution in [1.29, 1.82) is 0 Å². The molecule has 1 heterocycles. The molecule has 0 aromatic heterocycles. The molecule has 1 aliphatic heterocycles. The SMILES string of the molecule is CC(C)c1ccc(N/C=C2/C(=O)Nc3ccccc32)cc1. The van der Waals surface area contributed by atoms with Crippen molar-refractivity contribution in [3.05, 3.63) is 65.9 Å². The van der Waals surface area contributed by atoms with Crippen LogP contribution in [0.2, 0.25) is 0 Å². The quantitative estimate of drug-likeness (QED) is 0.825. The van der Waals surface area contributed by atoms with Gasteiger partial charge in [0.1, 0.15) is 0 Å². The van der Waals surface area contributed by atoms with Crippen molar-refractivity contribution >= 4 is 22.9 Å². The third kappa shape index (κ3) is 2.68. The van der Waals surface area contributed by atoms with E-state index >= 15 is 0 Å². The van der Waals surface area contributed by atoms with Crippen LogP contribution in [0, 0.1) is 0 Å². The number of carbonyl (C=O) groups is 1. The molecule has 0 atom stereocenters. The van der Waals surface area contributed by atoms with Crippen molar-refractivity contribution in [2.45, 2.75) is 19.8 Å². The molecule has 21 heavy (non-hydrogen) atoms. The number of nitrogens with one attached hydrogen (secondary N) is 2. The Kier molecular flexibility index (Phi) is 3.48. The third-order valence-corrected chi connectivity index (χ3v) is 3.67. The molecule has 2 aromatic carbocycles. The number of hydrogen-bond donors (Lipinski definition) is 2. The van der Waals surface area contributed by atoms with E-state index in [9.17, 15) is 4.79 Å². The van der Waals surface area contributed by atoms with Crippen molar-refractivity contribution < 1.29 is 4.79 Å². The van der Waals surface area contributed by atoms with E-state index in [0.717, 1.165) is 16.9 Å². The number of amides is 1. The topological polar surface area (TPSA) is 41.1 Å². The molecule has 106 valence electrons. The van der Waals surface area contributed by atoms with E-state index < -0.39 is 0 Å². The molecule has 3 nitrogen and oxygen atoms in total. The number of rotatable bonds is 3. The summed E-state index contributed by atoms with van der Waals surface area (Å²) in [5, 5.41) is 6.06. The lowest BCUT2D eigenvalue weighted by Crippen LogP contribution is -2.05.